The second-order valence-electron chi connectivity index (χ2n) is 4.51. The molecule has 0 aliphatic carbocycles. The van der Waals surface area contributed by atoms with Gasteiger partial charge in [-0.3, -0.25) is 4.90 Å². The van der Waals surface area contributed by atoms with E-state index in [0.29, 0.717) is 13.1 Å². The SMILES string of the molecule is CC(CO)CNCC(O)CN1CCOCC1. The summed E-state index contributed by atoms with van der Waals surface area (Å²) in [4.78, 5) is 2.21. The van der Waals surface area contributed by atoms with Crippen molar-refractivity contribution in [3.63, 3.8) is 0 Å². The Morgan fingerprint density at radius 3 is 2.62 bits per heavy atom. The molecule has 0 spiro atoms. The average Bonchev–Trinajstić information content (AvgIpc) is 2.30. The summed E-state index contributed by atoms with van der Waals surface area (Å²) in [5.74, 6) is 0.246. The van der Waals surface area contributed by atoms with Crippen LogP contribution in [-0.4, -0.2) is 73.8 Å². The van der Waals surface area contributed by atoms with E-state index in [2.05, 4.69) is 10.2 Å². The van der Waals surface area contributed by atoms with Gasteiger partial charge in [-0.2, -0.15) is 0 Å². The highest BCUT2D eigenvalue weighted by Crippen LogP contribution is 1.98. The second-order valence-corrected chi connectivity index (χ2v) is 4.51. The van der Waals surface area contributed by atoms with Gasteiger partial charge in [0.05, 0.1) is 19.3 Å². The molecule has 1 fully saturated rings. The molecule has 5 nitrogen and oxygen atoms in total. The van der Waals surface area contributed by atoms with Gasteiger partial charge in [0.25, 0.3) is 0 Å². The number of aliphatic hydroxyl groups is 2. The van der Waals surface area contributed by atoms with Gasteiger partial charge < -0.3 is 20.3 Å². The van der Waals surface area contributed by atoms with Crippen LogP contribution >= 0.6 is 0 Å². The lowest BCUT2D eigenvalue weighted by molar-refractivity contribution is 0.0147. The van der Waals surface area contributed by atoms with Crippen LogP contribution in [0.15, 0.2) is 0 Å². The van der Waals surface area contributed by atoms with Crippen molar-refractivity contribution in [2.45, 2.75) is 13.0 Å². The molecule has 0 aromatic heterocycles. The number of rotatable bonds is 7. The van der Waals surface area contributed by atoms with E-state index in [1.807, 2.05) is 6.92 Å². The summed E-state index contributed by atoms with van der Waals surface area (Å²) >= 11 is 0. The smallest absolute Gasteiger partial charge is 0.0791 e. The van der Waals surface area contributed by atoms with E-state index in [1.54, 1.807) is 0 Å². The standard InChI is InChI=1S/C11H24N2O3/c1-10(9-14)6-12-7-11(15)8-13-2-4-16-5-3-13/h10-12,14-15H,2-9H2,1H3. The molecule has 0 amide bonds. The van der Waals surface area contributed by atoms with Crippen molar-refractivity contribution in [2.75, 3.05) is 52.5 Å². The Kier molecular flexibility index (Phi) is 6.91. The number of nitrogens with zero attached hydrogens (tertiary/aromatic N) is 1. The Morgan fingerprint density at radius 1 is 1.31 bits per heavy atom. The van der Waals surface area contributed by atoms with Gasteiger partial charge in [-0.1, -0.05) is 6.92 Å². The summed E-state index contributed by atoms with van der Waals surface area (Å²) in [5, 5.41) is 21.8. The van der Waals surface area contributed by atoms with Crippen LogP contribution in [0.4, 0.5) is 0 Å². The zero-order valence-corrected chi connectivity index (χ0v) is 10.1. The molecular weight excluding hydrogens is 208 g/mol. The van der Waals surface area contributed by atoms with Gasteiger partial charge in [0.1, 0.15) is 0 Å². The van der Waals surface area contributed by atoms with E-state index < -0.39 is 0 Å². The molecule has 1 saturated heterocycles. The molecule has 1 aliphatic rings. The Balaban J connectivity index is 2.03. The van der Waals surface area contributed by atoms with Gasteiger partial charge >= 0.3 is 0 Å². The zero-order chi connectivity index (χ0) is 11.8. The lowest BCUT2D eigenvalue weighted by atomic mass is 10.2. The summed E-state index contributed by atoms with van der Waals surface area (Å²) < 4.78 is 5.24. The van der Waals surface area contributed by atoms with Crippen LogP contribution in [0.25, 0.3) is 0 Å². The molecule has 5 heteroatoms. The summed E-state index contributed by atoms with van der Waals surface area (Å²) in [5.41, 5.74) is 0. The Bertz CT molecular complexity index is 175. The van der Waals surface area contributed by atoms with Crippen LogP contribution in [0.2, 0.25) is 0 Å². The Labute approximate surface area is 97.4 Å². The highest BCUT2D eigenvalue weighted by molar-refractivity contribution is 4.69. The molecule has 0 aromatic carbocycles. The van der Waals surface area contributed by atoms with Crippen LogP contribution in [0.3, 0.4) is 0 Å². The molecule has 0 saturated carbocycles. The van der Waals surface area contributed by atoms with Gasteiger partial charge in [0, 0.05) is 32.8 Å². The lowest BCUT2D eigenvalue weighted by Gasteiger charge is -2.28. The molecule has 16 heavy (non-hydrogen) atoms. The van der Waals surface area contributed by atoms with Gasteiger partial charge in [0.15, 0.2) is 0 Å². The molecule has 1 heterocycles. The largest absolute Gasteiger partial charge is 0.396 e. The highest BCUT2D eigenvalue weighted by atomic mass is 16.5. The van der Waals surface area contributed by atoms with E-state index in [9.17, 15) is 5.11 Å². The summed E-state index contributed by atoms with van der Waals surface area (Å²) in [6.07, 6.45) is -0.344. The number of morpholine rings is 1. The molecule has 1 aliphatic heterocycles. The maximum atomic E-state index is 9.78. The first-order valence-electron chi connectivity index (χ1n) is 6.02. The van der Waals surface area contributed by atoms with Crippen LogP contribution in [0.5, 0.6) is 0 Å². The third-order valence-electron chi connectivity index (χ3n) is 2.76. The molecule has 1 rings (SSSR count). The monoisotopic (exact) mass is 232 g/mol. The number of hydrogen-bond acceptors (Lipinski definition) is 5. The van der Waals surface area contributed by atoms with Crippen LogP contribution < -0.4 is 5.32 Å². The minimum Gasteiger partial charge on any atom is -0.396 e. The third-order valence-corrected chi connectivity index (χ3v) is 2.76. The molecule has 0 aromatic rings. The van der Waals surface area contributed by atoms with Crippen molar-refractivity contribution >= 4 is 0 Å². The van der Waals surface area contributed by atoms with Crippen molar-refractivity contribution < 1.29 is 14.9 Å². The van der Waals surface area contributed by atoms with Crippen molar-refractivity contribution in [3.8, 4) is 0 Å². The molecule has 96 valence electrons. The minimum absolute atomic E-state index is 0.187. The summed E-state index contributed by atoms with van der Waals surface area (Å²) in [6, 6.07) is 0. The average molecular weight is 232 g/mol. The van der Waals surface area contributed by atoms with Crippen molar-refractivity contribution in [2.24, 2.45) is 5.92 Å². The quantitative estimate of drug-likeness (QED) is 0.520. The predicted octanol–water partition coefficient (Wildman–Crippen LogP) is -1.10. The number of hydrogen-bond donors (Lipinski definition) is 3. The highest BCUT2D eigenvalue weighted by Gasteiger charge is 2.14. The predicted molar refractivity (Wildman–Crippen MR) is 62.4 cm³/mol. The molecular formula is C11H24N2O3. The maximum absolute atomic E-state index is 9.78. The van der Waals surface area contributed by atoms with E-state index in [4.69, 9.17) is 9.84 Å². The molecule has 0 radical (unpaired) electrons. The van der Waals surface area contributed by atoms with E-state index in [0.717, 1.165) is 32.8 Å². The van der Waals surface area contributed by atoms with Crippen molar-refractivity contribution in [1.29, 1.82) is 0 Å². The fourth-order valence-corrected chi connectivity index (χ4v) is 1.71. The number of ether oxygens (including phenoxy) is 1. The van der Waals surface area contributed by atoms with Gasteiger partial charge in [0.2, 0.25) is 0 Å². The normalized spacial score (nSPS) is 21.9. The van der Waals surface area contributed by atoms with E-state index in [-0.39, 0.29) is 18.6 Å². The van der Waals surface area contributed by atoms with Crippen LogP contribution in [-0.2, 0) is 4.74 Å². The van der Waals surface area contributed by atoms with Gasteiger partial charge in [-0.05, 0) is 12.5 Å². The van der Waals surface area contributed by atoms with E-state index >= 15 is 0 Å². The fourth-order valence-electron chi connectivity index (χ4n) is 1.71. The van der Waals surface area contributed by atoms with Gasteiger partial charge in [-0.15, -0.1) is 0 Å². The number of β-amino-alcohol motifs (C(OH)–C–C–N with tert-alkyl or cyclic N) is 1. The molecule has 2 atom stereocenters. The first-order chi connectivity index (χ1) is 7.72. The summed E-state index contributed by atoms with van der Waals surface area (Å²) in [7, 11) is 0. The Morgan fingerprint density at radius 2 is 2.00 bits per heavy atom. The topological polar surface area (TPSA) is 65.0 Å². The van der Waals surface area contributed by atoms with Gasteiger partial charge in [-0.25, -0.2) is 0 Å². The van der Waals surface area contributed by atoms with Crippen LogP contribution in [0, 0.1) is 5.92 Å². The van der Waals surface area contributed by atoms with Crippen LogP contribution in [0.1, 0.15) is 6.92 Å². The second kappa shape index (κ2) is 7.97. The van der Waals surface area contributed by atoms with Crippen molar-refractivity contribution in [3.05, 3.63) is 0 Å². The first-order valence-corrected chi connectivity index (χ1v) is 6.02. The Hall–Kier alpha value is -0.200. The van der Waals surface area contributed by atoms with Crippen molar-refractivity contribution in [1.82, 2.24) is 10.2 Å². The molecule has 0 bridgehead atoms. The first kappa shape index (κ1) is 13.9. The van der Waals surface area contributed by atoms with E-state index in [1.165, 1.54) is 0 Å². The fraction of sp³-hybridized carbons (Fsp3) is 1.00. The number of aliphatic hydroxyl groups excluding tert-OH is 2. The number of nitrogens with one attached hydrogen (secondary N) is 1. The maximum Gasteiger partial charge on any atom is 0.0791 e. The molecule has 2 unspecified atom stereocenters. The third kappa shape index (κ3) is 5.77. The molecule has 3 N–H and O–H groups in total. The lowest BCUT2D eigenvalue weighted by Crippen LogP contribution is -2.44. The summed E-state index contributed by atoms with van der Waals surface area (Å²) in [6.45, 7) is 7.54. The minimum atomic E-state index is -0.344. The zero-order valence-electron chi connectivity index (χ0n) is 10.1.